The van der Waals surface area contributed by atoms with Crippen LogP contribution in [0.1, 0.15) is 32.1 Å². The van der Waals surface area contributed by atoms with Gasteiger partial charge in [-0.05, 0) is 18.6 Å². The van der Waals surface area contributed by atoms with Crippen LogP contribution in [0, 0.1) is 5.41 Å². The molecule has 78 valence electrons. The Hall–Kier alpha value is -0.340. The van der Waals surface area contributed by atoms with Gasteiger partial charge >= 0.3 is 0 Å². The number of thiophene rings is 1. The Labute approximate surface area is 94.1 Å². The third-order valence-electron chi connectivity index (χ3n) is 2.06. The van der Waals surface area contributed by atoms with Gasteiger partial charge in [0.1, 0.15) is 5.78 Å². The highest BCUT2D eigenvalue weighted by atomic mass is 35.5. The summed E-state index contributed by atoms with van der Waals surface area (Å²) in [5.41, 5.74) is -0.221. The minimum atomic E-state index is -0.221. The largest absolute Gasteiger partial charge is 0.299 e. The van der Waals surface area contributed by atoms with E-state index in [9.17, 15) is 4.79 Å². The fraction of sp³-hybridized carbons (Fsp3) is 0.545. The maximum absolute atomic E-state index is 11.6. The number of ketones is 1. The highest BCUT2D eigenvalue weighted by Crippen LogP contribution is 2.24. The first kappa shape index (κ1) is 11.7. The van der Waals surface area contributed by atoms with Crippen molar-refractivity contribution in [3.63, 3.8) is 0 Å². The van der Waals surface area contributed by atoms with E-state index in [-0.39, 0.29) is 5.41 Å². The number of aryl methyl sites for hydroxylation is 1. The van der Waals surface area contributed by atoms with E-state index in [1.807, 2.05) is 32.9 Å². The molecule has 0 bridgehead atoms. The molecule has 1 rings (SSSR count). The SMILES string of the molecule is CC(C)(C)C(=O)CCc1ccc(Cl)s1. The van der Waals surface area contributed by atoms with Crippen molar-refractivity contribution < 1.29 is 4.79 Å². The molecule has 0 aliphatic heterocycles. The molecule has 0 unspecified atom stereocenters. The Bertz CT molecular complexity index is 322. The summed E-state index contributed by atoms with van der Waals surface area (Å²) in [6.45, 7) is 5.87. The van der Waals surface area contributed by atoms with Crippen LogP contribution in [0.5, 0.6) is 0 Å². The van der Waals surface area contributed by atoms with Gasteiger partial charge in [-0.25, -0.2) is 0 Å². The third kappa shape index (κ3) is 3.43. The molecular formula is C11H15ClOS. The molecule has 0 saturated carbocycles. The average Bonchev–Trinajstić information content (AvgIpc) is 2.45. The van der Waals surface area contributed by atoms with Gasteiger partial charge in [-0.2, -0.15) is 0 Å². The van der Waals surface area contributed by atoms with Crippen LogP contribution in [0.4, 0.5) is 0 Å². The van der Waals surface area contributed by atoms with Crippen molar-refractivity contribution in [3.8, 4) is 0 Å². The molecule has 1 nitrogen and oxygen atoms in total. The summed E-state index contributed by atoms with van der Waals surface area (Å²) in [7, 11) is 0. The maximum atomic E-state index is 11.6. The molecule has 0 spiro atoms. The monoisotopic (exact) mass is 230 g/mol. The van der Waals surface area contributed by atoms with Crippen molar-refractivity contribution in [3.05, 3.63) is 21.3 Å². The Kier molecular flexibility index (Phi) is 3.73. The van der Waals surface area contributed by atoms with Crippen LogP contribution >= 0.6 is 22.9 Å². The van der Waals surface area contributed by atoms with E-state index in [1.54, 1.807) is 11.3 Å². The quantitative estimate of drug-likeness (QED) is 0.769. The predicted molar refractivity (Wildman–Crippen MR) is 62.1 cm³/mol. The van der Waals surface area contributed by atoms with E-state index in [0.717, 1.165) is 10.8 Å². The summed E-state index contributed by atoms with van der Waals surface area (Å²) in [4.78, 5) is 12.8. The van der Waals surface area contributed by atoms with Gasteiger partial charge in [-0.1, -0.05) is 32.4 Å². The fourth-order valence-corrected chi connectivity index (χ4v) is 2.18. The molecule has 3 heteroatoms. The van der Waals surface area contributed by atoms with Crippen molar-refractivity contribution in [2.75, 3.05) is 0 Å². The fourth-order valence-electron chi connectivity index (χ4n) is 1.10. The summed E-state index contributed by atoms with van der Waals surface area (Å²) in [6, 6.07) is 3.87. The maximum Gasteiger partial charge on any atom is 0.138 e. The van der Waals surface area contributed by atoms with Crippen LogP contribution in [-0.4, -0.2) is 5.78 Å². The molecule has 0 radical (unpaired) electrons. The van der Waals surface area contributed by atoms with Gasteiger partial charge in [0.25, 0.3) is 0 Å². The van der Waals surface area contributed by atoms with Gasteiger partial charge in [0, 0.05) is 16.7 Å². The summed E-state index contributed by atoms with van der Waals surface area (Å²) in [5.74, 6) is 0.307. The van der Waals surface area contributed by atoms with E-state index < -0.39 is 0 Å². The van der Waals surface area contributed by atoms with E-state index in [0.29, 0.717) is 12.2 Å². The van der Waals surface area contributed by atoms with Gasteiger partial charge in [0.15, 0.2) is 0 Å². The molecule has 0 aromatic carbocycles. The van der Waals surface area contributed by atoms with Crippen LogP contribution < -0.4 is 0 Å². The molecule has 1 aromatic heterocycles. The Morgan fingerprint density at radius 2 is 2.07 bits per heavy atom. The van der Waals surface area contributed by atoms with Crippen LogP contribution in [0.3, 0.4) is 0 Å². The summed E-state index contributed by atoms with van der Waals surface area (Å²) < 4.78 is 0.795. The molecule has 0 atom stereocenters. The van der Waals surface area contributed by atoms with Gasteiger partial charge in [0.05, 0.1) is 4.34 Å². The molecule has 0 aliphatic rings. The van der Waals surface area contributed by atoms with Crippen molar-refractivity contribution in [2.24, 2.45) is 5.41 Å². The highest BCUT2D eigenvalue weighted by molar-refractivity contribution is 7.16. The number of hydrogen-bond acceptors (Lipinski definition) is 2. The molecule has 0 fully saturated rings. The zero-order valence-corrected chi connectivity index (χ0v) is 10.3. The van der Waals surface area contributed by atoms with E-state index >= 15 is 0 Å². The normalized spacial score (nSPS) is 11.7. The van der Waals surface area contributed by atoms with Crippen molar-refractivity contribution in [1.82, 2.24) is 0 Å². The molecule has 0 saturated heterocycles. The van der Waals surface area contributed by atoms with E-state index in [1.165, 1.54) is 4.88 Å². The van der Waals surface area contributed by atoms with Gasteiger partial charge in [-0.3, -0.25) is 4.79 Å². The topological polar surface area (TPSA) is 17.1 Å². The lowest BCUT2D eigenvalue weighted by Crippen LogP contribution is -2.20. The number of hydrogen-bond donors (Lipinski definition) is 0. The van der Waals surface area contributed by atoms with Gasteiger partial charge in [-0.15, -0.1) is 11.3 Å². The van der Waals surface area contributed by atoms with Gasteiger partial charge < -0.3 is 0 Å². The second-order valence-corrected chi connectivity index (χ2v) is 6.18. The van der Waals surface area contributed by atoms with Crippen LogP contribution in [0.15, 0.2) is 12.1 Å². The summed E-state index contributed by atoms with van der Waals surface area (Å²) in [5, 5.41) is 0. The number of Topliss-reactive ketones (excluding diaryl/α,β-unsaturated/α-hetero) is 1. The standard InChI is InChI=1S/C11H15ClOS/c1-11(2,3)9(13)6-4-8-5-7-10(12)14-8/h5,7H,4,6H2,1-3H3. The Morgan fingerprint density at radius 1 is 1.43 bits per heavy atom. The molecule has 1 aromatic rings. The van der Waals surface area contributed by atoms with E-state index in [4.69, 9.17) is 11.6 Å². The minimum absolute atomic E-state index is 0.221. The molecule has 0 aliphatic carbocycles. The molecule has 1 heterocycles. The van der Waals surface area contributed by atoms with Gasteiger partial charge in [0.2, 0.25) is 0 Å². The number of rotatable bonds is 3. The second kappa shape index (κ2) is 4.45. The minimum Gasteiger partial charge on any atom is -0.299 e. The smallest absolute Gasteiger partial charge is 0.138 e. The van der Waals surface area contributed by atoms with Crippen molar-refractivity contribution in [1.29, 1.82) is 0 Å². The molecule has 14 heavy (non-hydrogen) atoms. The van der Waals surface area contributed by atoms with Crippen molar-refractivity contribution in [2.45, 2.75) is 33.6 Å². The van der Waals surface area contributed by atoms with Crippen LogP contribution in [0.2, 0.25) is 4.34 Å². The summed E-state index contributed by atoms with van der Waals surface area (Å²) in [6.07, 6.45) is 1.42. The Balaban J connectivity index is 2.46. The first-order valence-corrected chi connectivity index (χ1v) is 5.86. The number of carbonyl (C=O) groups excluding carboxylic acids is 1. The first-order chi connectivity index (χ1) is 6.39. The predicted octanol–water partition coefficient (Wildman–Crippen LogP) is 3.95. The highest BCUT2D eigenvalue weighted by Gasteiger charge is 2.20. The molecule has 0 N–H and O–H groups in total. The zero-order chi connectivity index (χ0) is 10.8. The zero-order valence-electron chi connectivity index (χ0n) is 8.76. The van der Waals surface area contributed by atoms with E-state index in [2.05, 4.69) is 0 Å². The van der Waals surface area contributed by atoms with Crippen LogP contribution in [-0.2, 0) is 11.2 Å². The Morgan fingerprint density at radius 3 is 2.50 bits per heavy atom. The third-order valence-corrected chi connectivity index (χ3v) is 3.35. The molecule has 0 amide bonds. The lowest BCUT2D eigenvalue weighted by atomic mass is 9.88. The van der Waals surface area contributed by atoms with Crippen LogP contribution in [0.25, 0.3) is 0 Å². The first-order valence-electron chi connectivity index (χ1n) is 4.67. The summed E-state index contributed by atoms with van der Waals surface area (Å²) >= 11 is 7.35. The van der Waals surface area contributed by atoms with Crippen molar-refractivity contribution >= 4 is 28.7 Å². The second-order valence-electron chi connectivity index (χ2n) is 4.38. The average molecular weight is 231 g/mol. The number of carbonyl (C=O) groups is 1. The lowest BCUT2D eigenvalue weighted by molar-refractivity contribution is -0.126. The molecular weight excluding hydrogens is 216 g/mol. The lowest BCUT2D eigenvalue weighted by Gasteiger charge is -2.15. The number of halogens is 1.